The summed E-state index contributed by atoms with van der Waals surface area (Å²) in [6.45, 7) is 1.28. The first-order valence-electron chi connectivity index (χ1n) is 8.26. The Labute approximate surface area is 145 Å². The lowest BCUT2D eigenvalue weighted by Crippen LogP contribution is -2.38. The predicted octanol–water partition coefficient (Wildman–Crippen LogP) is 2.51. The Hall–Kier alpha value is -1.92. The van der Waals surface area contributed by atoms with Gasteiger partial charge in [-0.3, -0.25) is 4.79 Å². The summed E-state index contributed by atoms with van der Waals surface area (Å²) in [5.74, 6) is 0.836. The van der Waals surface area contributed by atoms with Crippen LogP contribution >= 0.6 is 11.3 Å². The van der Waals surface area contributed by atoms with E-state index in [-0.39, 0.29) is 11.9 Å². The summed E-state index contributed by atoms with van der Waals surface area (Å²) < 4.78 is 10.7. The fraction of sp³-hybridized carbons (Fsp3) is 0.444. The number of thiazole rings is 1. The Bertz CT molecular complexity index is 748. The van der Waals surface area contributed by atoms with Crippen molar-refractivity contribution < 1.29 is 14.3 Å². The number of amides is 1. The van der Waals surface area contributed by atoms with Crippen LogP contribution < -0.4 is 10.1 Å². The quantitative estimate of drug-likeness (QED) is 0.929. The van der Waals surface area contributed by atoms with Crippen LogP contribution in [0.5, 0.6) is 5.75 Å². The zero-order valence-electron chi connectivity index (χ0n) is 13.6. The highest BCUT2D eigenvalue weighted by atomic mass is 32.1. The Kier molecular flexibility index (Phi) is 4.24. The molecule has 1 amide bonds. The molecular weight excluding hydrogens is 324 g/mol. The van der Waals surface area contributed by atoms with E-state index in [9.17, 15) is 4.79 Å². The third kappa shape index (κ3) is 3.03. The SMILES string of the molecule is COc1ccc2c(c1)CCC(NC(=O)c1nc3c(s1)COCC3)C2. The maximum Gasteiger partial charge on any atom is 0.280 e. The average Bonchev–Trinajstić information content (AvgIpc) is 3.05. The second-order valence-electron chi connectivity index (χ2n) is 6.24. The van der Waals surface area contributed by atoms with Crippen LogP contribution in [0.3, 0.4) is 0 Å². The van der Waals surface area contributed by atoms with Crippen molar-refractivity contribution in [3.05, 3.63) is 44.9 Å². The van der Waals surface area contributed by atoms with E-state index in [4.69, 9.17) is 9.47 Å². The van der Waals surface area contributed by atoms with Gasteiger partial charge in [0.15, 0.2) is 5.01 Å². The van der Waals surface area contributed by atoms with Gasteiger partial charge < -0.3 is 14.8 Å². The lowest BCUT2D eigenvalue weighted by Gasteiger charge is -2.25. The maximum atomic E-state index is 12.5. The minimum Gasteiger partial charge on any atom is -0.497 e. The van der Waals surface area contributed by atoms with Gasteiger partial charge in [-0.2, -0.15) is 0 Å². The molecule has 2 aromatic rings. The van der Waals surface area contributed by atoms with Gasteiger partial charge >= 0.3 is 0 Å². The van der Waals surface area contributed by atoms with Crippen LogP contribution in [0.25, 0.3) is 0 Å². The lowest BCUT2D eigenvalue weighted by molar-refractivity contribution is 0.0932. The first-order valence-corrected chi connectivity index (χ1v) is 9.07. The number of aryl methyl sites for hydroxylation is 1. The zero-order chi connectivity index (χ0) is 16.5. The number of methoxy groups -OCH3 is 1. The number of nitrogens with one attached hydrogen (secondary N) is 1. The van der Waals surface area contributed by atoms with Crippen LogP contribution in [-0.4, -0.2) is 30.6 Å². The molecule has 1 aliphatic heterocycles. The lowest BCUT2D eigenvalue weighted by atomic mass is 9.88. The number of carbonyl (C=O) groups excluding carboxylic acids is 1. The van der Waals surface area contributed by atoms with Crippen molar-refractivity contribution >= 4 is 17.2 Å². The van der Waals surface area contributed by atoms with E-state index in [0.29, 0.717) is 18.2 Å². The van der Waals surface area contributed by atoms with Crippen molar-refractivity contribution in [1.82, 2.24) is 10.3 Å². The molecule has 0 saturated carbocycles. The van der Waals surface area contributed by atoms with Crippen LogP contribution in [-0.2, 0) is 30.6 Å². The van der Waals surface area contributed by atoms with Crippen LogP contribution in [0.4, 0.5) is 0 Å². The van der Waals surface area contributed by atoms with E-state index < -0.39 is 0 Å². The molecule has 0 saturated heterocycles. The third-order valence-electron chi connectivity index (χ3n) is 4.67. The van der Waals surface area contributed by atoms with E-state index in [1.807, 2.05) is 6.07 Å². The molecule has 1 N–H and O–H groups in total. The highest BCUT2D eigenvalue weighted by Crippen LogP contribution is 2.27. The molecule has 0 spiro atoms. The van der Waals surface area contributed by atoms with Gasteiger partial charge in [-0.15, -0.1) is 11.3 Å². The highest BCUT2D eigenvalue weighted by molar-refractivity contribution is 7.13. The van der Waals surface area contributed by atoms with Gasteiger partial charge in [-0.1, -0.05) is 6.07 Å². The van der Waals surface area contributed by atoms with Gasteiger partial charge in [0.1, 0.15) is 5.75 Å². The molecule has 2 aliphatic rings. The molecule has 126 valence electrons. The molecule has 0 radical (unpaired) electrons. The number of aromatic nitrogens is 1. The van der Waals surface area contributed by atoms with Crippen LogP contribution in [0.2, 0.25) is 0 Å². The van der Waals surface area contributed by atoms with Crippen molar-refractivity contribution in [1.29, 1.82) is 0 Å². The number of hydrogen-bond acceptors (Lipinski definition) is 5. The summed E-state index contributed by atoms with van der Waals surface area (Å²) in [7, 11) is 1.69. The summed E-state index contributed by atoms with van der Waals surface area (Å²) in [5.41, 5.74) is 3.64. The average molecular weight is 344 g/mol. The molecule has 5 nitrogen and oxygen atoms in total. The number of nitrogens with zero attached hydrogens (tertiary/aromatic N) is 1. The van der Waals surface area contributed by atoms with Gasteiger partial charge in [0.05, 0.1) is 30.9 Å². The first kappa shape index (κ1) is 15.6. The van der Waals surface area contributed by atoms with Crippen molar-refractivity contribution in [3.8, 4) is 5.75 Å². The number of rotatable bonds is 3. The minimum absolute atomic E-state index is 0.0589. The van der Waals surface area contributed by atoms with Crippen molar-refractivity contribution in [2.24, 2.45) is 0 Å². The Balaban J connectivity index is 1.44. The number of benzene rings is 1. The molecule has 1 unspecified atom stereocenters. The van der Waals surface area contributed by atoms with Crippen LogP contribution in [0.1, 0.15) is 37.9 Å². The molecule has 2 heterocycles. The standard InChI is InChI=1S/C18H20N2O3S/c1-22-14-5-3-11-8-13(4-2-12(11)9-14)19-17(21)18-20-15-6-7-23-10-16(15)24-18/h3,5,9,13H,2,4,6-8,10H2,1H3,(H,19,21). The minimum atomic E-state index is -0.0589. The normalized spacial score (nSPS) is 19.3. The number of fused-ring (bicyclic) bond motifs is 2. The summed E-state index contributed by atoms with van der Waals surface area (Å²) in [5, 5.41) is 3.71. The highest BCUT2D eigenvalue weighted by Gasteiger charge is 2.24. The van der Waals surface area contributed by atoms with Gasteiger partial charge in [-0.25, -0.2) is 4.98 Å². The number of carbonyl (C=O) groups is 1. The monoisotopic (exact) mass is 344 g/mol. The second kappa shape index (κ2) is 6.53. The summed E-state index contributed by atoms with van der Waals surface area (Å²) >= 11 is 1.46. The molecule has 4 rings (SSSR count). The van der Waals surface area contributed by atoms with Crippen LogP contribution in [0, 0.1) is 0 Å². The maximum absolute atomic E-state index is 12.5. The topological polar surface area (TPSA) is 60.5 Å². The first-order chi connectivity index (χ1) is 11.7. The predicted molar refractivity (Wildman–Crippen MR) is 91.7 cm³/mol. The summed E-state index contributed by atoms with van der Waals surface area (Å²) in [6, 6.07) is 6.35. The summed E-state index contributed by atoms with van der Waals surface area (Å²) in [4.78, 5) is 18.1. The van der Waals surface area contributed by atoms with E-state index in [0.717, 1.165) is 42.0 Å². The van der Waals surface area contributed by atoms with Gasteiger partial charge in [0, 0.05) is 12.5 Å². The summed E-state index contributed by atoms with van der Waals surface area (Å²) in [6.07, 6.45) is 3.57. The fourth-order valence-corrected chi connectivity index (χ4v) is 4.30. The van der Waals surface area contributed by atoms with Gasteiger partial charge in [-0.05, 0) is 42.5 Å². The van der Waals surface area contributed by atoms with Crippen molar-refractivity contribution in [2.75, 3.05) is 13.7 Å². The molecule has 1 aromatic carbocycles. The number of ether oxygens (including phenoxy) is 2. The molecule has 0 bridgehead atoms. The van der Waals surface area contributed by atoms with Gasteiger partial charge in [0.25, 0.3) is 5.91 Å². The Morgan fingerprint density at radius 1 is 1.38 bits per heavy atom. The number of hydrogen-bond donors (Lipinski definition) is 1. The molecule has 1 aliphatic carbocycles. The van der Waals surface area contributed by atoms with Crippen molar-refractivity contribution in [2.45, 2.75) is 38.3 Å². The molecule has 6 heteroatoms. The van der Waals surface area contributed by atoms with Gasteiger partial charge in [0.2, 0.25) is 0 Å². The fourth-order valence-electron chi connectivity index (χ4n) is 3.35. The Morgan fingerprint density at radius 2 is 2.29 bits per heavy atom. The zero-order valence-corrected chi connectivity index (χ0v) is 14.4. The molecular formula is C18H20N2O3S. The molecule has 0 fully saturated rings. The molecule has 24 heavy (non-hydrogen) atoms. The van der Waals surface area contributed by atoms with E-state index in [1.54, 1.807) is 7.11 Å². The van der Waals surface area contributed by atoms with E-state index >= 15 is 0 Å². The second-order valence-corrected chi connectivity index (χ2v) is 7.32. The molecule has 1 atom stereocenters. The molecule has 1 aromatic heterocycles. The van der Waals surface area contributed by atoms with E-state index in [1.165, 1.54) is 22.5 Å². The van der Waals surface area contributed by atoms with E-state index in [2.05, 4.69) is 22.4 Å². The Morgan fingerprint density at radius 3 is 3.12 bits per heavy atom. The smallest absolute Gasteiger partial charge is 0.280 e. The van der Waals surface area contributed by atoms with Crippen molar-refractivity contribution in [3.63, 3.8) is 0 Å². The largest absolute Gasteiger partial charge is 0.497 e. The third-order valence-corrected chi connectivity index (χ3v) is 5.74. The van der Waals surface area contributed by atoms with Crippen LogP contribution in [0.15, 0.2) is 18.2 Å².